The average molecular weight is 546 g/mol. The van der Waals surface area contributed by atoms with Crippen LogP contribution >= 0.6 is 11.6 Å². The summed E-state index contributed by atoms with van der Waals surface area (Å²) in [6, 6.07) is 6.94. The van der Waals surface area contributed by atoms with E-state index >= 15 is 0 Å². The van der Waals surface area contributed by atoms with E-state index in [0.29, 0.717) is 6.07 Å². The molecular formula is C23H19ClF3NO7S. The van der Waals surface area contributed by atoms with E-state index in [0.717, 1.165) is 24.3 Å². The number of fused-ring (bicyclic) bond motifs is 1. The van der Waals surface area contributed by atoms with Gasteiger partial charge in [-0.2, -0.15) is 17.5 Å². The fourth-order valence-electron chi connectivity index (χ4n) is 3.90. The van der Waals surface area contributed by atoms with Gasteiger partial charge in [-0.3, -0.25) is 0 Å². The van der Waals surface area contributed by atoms with E-state index in [1.165, 1.54) is 16.4 Å². The van der Waals surface area contributed by atoms with Crippen LogP contribution in [0.2, 0.25) is 5.02 Å². The minimum atomic E-state index is -4.80. The standard InChI is InChI=1S/C23H19ClF3NO7S/c1-12-10-28(11-13(2)33-12)36(31,32)20-7-14(3-6-18(20)24)22(30)34-15-4-5-16-17(23(25,26)27)9-21(29)35-19(16)8-15/h3-9,12-13H,10-11H2,1-2H3. The van der Waals surface area contributed by atoms with Crippen molar-refractivity contribution in [3.63, 3.8) is 0 Å². The topological polar surface area (TPSA) is 103 Å². The van der Waals surface area contributed by atoms with Gasteiger partial charge in [-0.15, -0.1) is 0 Å². The second-order valence-corrected chi connectivity index (χ2v) is 10.6. The third kappa shape index (κ3) is 5.26. The first-order valence-corrected chi connectivity index (χ1v) is 12.4. The molecule has 2 heterocycles. The summed E-state index contributed by atoms with van der Waals surface area (Å²) in [5.74, 6) is -1.22. The molecule has 36 heavy (non-hydrogen) atoms. The van der Waals surface area contributed by atoms with Gasteiger partial charge in [0, 0.05) is 30.6 Å². The summed E-state index contributed by atoms with van der Waals surface area (Å²) in [4.78, 5) is 24.0. The van der Waals surface area contributed by atoms with E-state index in [2.05, 4.69) is 0 Å². The molecule has 0 saturated carbocycles. The van der Waals surface area contributed by atoms with Crippen molar-refractivity contribution in [2.75, 3.05) is 13.1 Å². The minimum Gasteiger partial charge on any atom is -0.423 e. The Morgan fingerprint density at radius 3 is 2.39 bits per heavy atom. The van der Waals surface area contributed by atoms with Crippen LogP contribution in [-0.4, -0.2) is 44.0 Å². The zero-order chi connectivity index (χ0) is 26.4. The summed E-state index contributed by atoms with van der Waals surface area (Å²) in [6.07, 6.45) is -5.49. The Labute approximate surface area is 208 Å². The van der Waals surface area contributed by atoms with Crippen LogP contribution in [0.15, 0.2) is 56.6 Å². The van der Waals surface area contributed by atoms with Crippen LogP contribution in [0, 0.1) is 0 Å². The van der Waals surface area contributed by atoms with Gasteiger partial charge in [0.05, 0.1) is 28.4 Å². The van der Waals surface area contributed by atoms with Crippen LogP contribution in [0.5, 0.6) is 5.75 Å². The Balaban J connectivity index is 1.64. The summed E-state index contributed by atoms with van der Waals surface area (Å²) in [6.45, 7) is 3.66. The Hall–Kier alpha value is -2.93. The Morgan fingerprint density at radius 1 is 1.08 bits per heavy atom. The molecule has 2 atom stereocenters. The summed E-state index contributed by atoms with van der Waals surface area (Å²) < 4.78 is 83.0. The van der Waals surface area contributed by atoms with Crippen molar-refractivity contribution < 1.29 is 40.3 Å². The van der Waals surface area contributed by atoms with E-state index in [-0.39, 0.29) is 46.5 Å². The number of halogens is 4. The van der Waals surface area contributed by atoms with Crippen LogP contribution in [0.25, 0.3) is 11.0 Å². The lowest BCUT2D eigenvalue weighted by Gasteiger charge is -2.34. The molecule has 0 spiro atoms. The van der Waals surface area contributed by atoms with Crippen LogP contribution in [-0.2, 0) is 20.9 Å². The SMILES string of the molecule is CC1CN(S(=O)(=O)c2cc(C(=O)Oc3ccc4c(C(F)(F)F)cc(=O)oc4c3)ccc2Cl)CC(C)O1. The number of alkyl halides is 3. The summed E-state index contributed by atoms with van der Waals surface area (Å²) >= 11 is 6.15. The summed E-state index contributed by atoms with van der Waals surface area (Å²) in [5.41, 5.74) is -3.02. The number of benzene rings is 2. The molecule has 13 heteroatoms. The molecule has 0 radical (unpaired) electrons. The molecule has 1 saturated heterocycles. The molecule has 0 N–H and O–H groups in total. The maximum atomic E-state index is 13.2. The minimum absolute atomic E-state index is 0.0971. The number of carbonyl (C=O) groups is 1. The maximum absolute atomic E-state index is 13.2. The van der Waals surface area contributed by atoms with Crippen molar-refractivity contribution in [2.45, 2.75) is 37.1 Å². The van der Waals surface area contributed by atoms with Crippen molar-refractivity contribution in [3.8, 4) is 5.75 Å². The highest BCUT2D eigenvalue weighted by atomic mass is 35.5. The molecule has 8 nitrogen and oxygen atoms in total. The summed E-state index contributed by atoms with van der Waals surface area (Å²) in [5, 5.41) is -0.499. The number of nitrogens with zero attached hydrogens (tertiary/aromatic N) is 1. The second-order valence-electron chi connectivity index (χ2n) is 8.25. The molecule has 1 aliphatic heterocycles. The number of hydrogen-bond acceptors (Lipinski definition) is 7. The van der Waals surface area contributed by atoms with Crippen molar-refractivity contribution >= 4 is 38.6 Å². The molecular weight excluding hydrogens is 527 g/mol. The first-order valence-electron chi connectivity index (χ1n) is 10.6. The molecule has 2 unspecified atom stereocenters. The molecule has 1 aromatic heterocycles. The van der Waals surface area contributed by atoms with Gasteiger partial charge in [0.25, 0.3) is 0 Å². The van der Waals surface area contributed by atoms with Crippen molar-refractivity contribution in [2.24, 2.45) is 0 Å². The Bertz CT molecular complexity index is 1490. The summed E-state index contributed by atoms with van der Waals surface area (Å²) in [7, 11) is -4.08. The molecule has 0 aliphatic carbocycles. The number of morpholine rings is 1. The van der Waals surface area contributed by atoms with Crippen LogP contribution in [0.3, 0.4) is 0 Å². The van der Waals surface area contributed by atoms with Crippen LogP contribution in [0.4, 0.5) is 13.2 Å². The predicted molar refractivity (Wildman–Crippen MR) is 123 cm³/mol. The molecule has 3 aromatic rings. The highest BCUT2D eigenvalue weighted by Gasteiger charge is 2.35. The van der Waals surface area contributed by atoms with Gasteiger partial charge in [-0.05, 0) is 44.2 Å². The number of esters is 1. The number of sulfonamides is 1. The number of hydrogen-bond donors (Lipinski definition) is 0. The fraction of sp³-hybridized carbons (Fsp3) is 0.304. The Kier molecular flexibility index (Phi) is 6.90. The molecule has 1 aliphatic rings. The smallest absolute Gasteiger partial charge is 0.417 e. The van der Waals surface area contributed by atoms with Crippen LogP contribution < -0.4 is 10.4 Å². The Morgan fingerprint density at radius 2 is 1.75 bits per heavy atom. The quantitative estimate of drug-likeness (QED) is 0.270. The predicted octanol–water partition coefficient (Wildman–Crippen LogP) is 4.48. The van der Waals surface area contributed by atoms with Crippen molar-refractivity contribution in [3.05, 3.63) is 69.0 Å². The number of ether oxygens (including phenoxy) is 2. The molecule has 2 aromatic carbocycles. The highest BCUT2D eigenvalue weighted by molar-refractivity contribution is 7.89. The highest BCUT2D eigenvalue weighted by Crippen LogP contribution is 2.35. The lowest BCUT2D eigenvalue weighted by Crippen LogP contribution is -2.48. The third-order valence-electron chi connectivity index (χ3n) is 5.40. The zero-order valence-electron chi connectivity index (χ0n) is 18.8. The van der Waals surface area contributed by atoms with Gasteiger partial charge in [0.2, 0.25) is 10.0 Å². The van der Waals surface area contributed by atoms with Gasteiger partial charge in [0.15, 0.2) is 0 Å². The lowest BCUT2D eigenvalue weighted by molar-refractivity contribution is -0.136. The average Bonchev–Trinajstić information content (AvgIpc) is 2.77. The third-order valence-corrected chi connectivity index (χ3v) is 7.72. The van der Waals surface area contributed by atoms with E-state index in [9.17, 15) is 31.2 Å². The second kappa shape index (κ2) is 9.51. The monoisotopic (exact) mass is 545 g/mol. The number of carbonyl (C=O) groups excluding carboxylic acids is 1. The van der Waals surface area contributed by atoms with Crippen LogP contribution in [0.1, 0.15) is 29.8 Å². The normalized spacial score (nSPS) is 19.4. The first-order chi connectivity index (χ1) is 16.8. The molecule has 0 bridgehead atoms. The number of rotatable bonds is 4. The van der Waals surface area contributed by atoms with Crippen molar-refractivity contribution in [1.29, 1.82) is 0 Å². The van der Waals surface area contributed by atoms with Gasteiger partial charge in [-0.1, -0.05) is 11.6 Å². The zero-order valence-corrected chi connectivity index (χ0v) is 20.4. The maximum Gasteiger partial charge on any atom is 0.417 e. The lowest BCUT2D eigenvalue weighted by atomic mass is 10.1. The van der Waals surface area contributed by atoms with Gasteiger partial charge >= 0.3 is 17.8 Å². The fourth-order valence-corrected chi connectivity index (χ4v) is 5.99. The largest absolute Gasteiger partial charge is 0.423 e. The van der Waals surface area contributed by atoms with Gasteiger partial charge in [-0.25, -0.2) is 18.0 Å². The van der Waals surface area contributed by atoms with E-state index in [1.807, 2.05) is 0 Å². The molecule has 0 amide bonds. The molecule has 192 valence electrons. The first kappa shape index (κ1) is 26.1. The molecule has 1 fully saturated rings. The van der Waals surface area contributed by atoms with E-state index < -0.39 is 44.3 Å². The van der Waals surface area contributed by atoms with Gasteiger partial charge < -0.3 is 13.9 Å². The van der Waals surface area contributed by atoms with E-state index in [4.69, 9.17) is 25.5 Å². The molecule has 4 rings (SSSR count). The van der Waals surface area contributed by atoms with Gasteiger partial charge in [0.1, 0.15) is 16.2 Å². The van der Waals surface area contributed by atoms with E-state index in [1.54, 1.807) is 13.8 Å². The van der Waals surface area contributed by atoms with Crippen molar-refractivity contribution in [1.82, 2.24) is 4.31 Å².